The fourth-order valence-corrected chi connectivity index (χ4v) is 3.72. The highest BCUT2D eigenvalue weighted by Gasteiger charge is 2.31. The SMILES string of the molecule is CCNC(C#N)(CC)CCCN1CCC(CC)(CC)CC1. The molecule has 3 heteroatoms. The van der Waals surface area contributed by atoms with Gasteiger partial charge in [0.15, 0.2) is 0 Å². The van der Waals surface area contributed by atoms with E-state index in [-0.39, 0.29) is 5.54 Å². The van der Waals surface area contributed by atoms with Crippen molar-refractivity contribution >= 4 is 0 Å². The third-order valence-electron chi connectivity index (χ3n) is 5.83. The number of nitriles is 1. The third kappa shape index (κ3) is 4.97. The van der Waals surface area contributed by atoms with E-state index in [2.05, 4.69) is 44.0 Å². The zero-order valence-electron chi connectivity index (χ0n) is 14.7. The Morgan fingerprint density at radius 3 is 2.19 bits per heavy atom. The van der Waals surface area contributed by atoms with Gasteiger partial charge < -0.3 is 4.90 Å². The van der Waals surface area contributed by atoms with E-state index >= 15 is 0 Å². The van der Waals surface area contributed by atoms with Crippen LogP contribution in [0, 0.1) is 16.7 Å². The van der Waals surface area contributed by atoms with Crippen LogP contribution in [-0.2, 0) is 0 Å². The molecule has 1 unspecified atom stereocenters. The van der Waals surface area contributed by atoms with E-state index in [0.717, 1.165) is 32.4 Å². The van der Waals surface area contributed by atoms with Gasteiger partial charge in [-0.05, 0) is 63.7 Å². The van der Waals surface area contributed by atoms with Crippen LogP contribution < -0.4 is 5.32 Å². The van der Waals surface area contributed by atoms with Gasteiger partial charge >= 0.3 is 0 Å². The largest absolute Gasteiger partial charge is 0.303 e. The van der Waals surface area contributed by atoms with Crippen molar-refractivity contribution in [3.8, 4) is 6.07 Å². The highest BCUT2D eigenvalue weighted by atomic mass is 15.1. The molecule has 0 aromatic rings. The maximum absolute atomic E-state index is 9.45. The van der Waals surface area contributed by atoms with Crippen LogP contribution in [0.5, 0.6) is 0 Å². The van der Waals surface area contributed by atoms with E-state index < -0.39 is 0 Å². The highest BCUT2D eigenvalue weighted by molar-refractivity contribution is 5.06. The number of piperidine rings is 1. The molecule has 1 rings (SSSR count). The van der Waals surface area contributed by atoms with Crippen molar-refractivity contribution in [3.63, 3.8) is 0 Å². The fraction of sp³-hybridized carbons (Fsp3) is 0.944. The molecule has 1 atom stereocenters. The first-order valence-electron chi connectivity index (χ1n) is 8.98. The molecule has 1 N–H and O–H groups in total. The molecular formula is C18H35N3. The minimum Gasteiger partial charge on any atom is -0.303 e. The molecular weight excluding hydrogens is 258 g/mol. The van der Waals surface area contributed by atoms with Crippen LogP contribution in [0.25, 0.3) is 0 Å². The van der Waals surface area contributed by atoms with Crippen molar-refractivity contribution in [2.24, 2.45) is 5.41 Å². The lowest BCUT2D eigenvalue weighted by Crippen LogP contribution is -2.44. The Balaban J connectivity index is 2.36. The van der Waals surface area contributed by atoms with Gasteiger partial charge in [0, 0.05) is 0 Å². The zero-order chi connectivity index (χ0) is 15.8. The van der Waals surface area contributed by atoms with Crippen LogP contribution in [0.4, 0.5) is 0 Å². The second-order valence-corrected chi connectivity index (χ2v) is 6.73. The monoisotopic (exact) mass is 293 g/mol. The summed E-state index contributed by atoms with van der Waals surface area (Å²) in [5.41, 5.74) is 0.307. The Morgan fingerprint density at radius 2 is 1.76 bits per heavy atom. The summed E-state index contributed by atoms with van der Waals surface area (Å²) in [5, 5.41) is 12.8. The number of nitrogens with one attached hydrogen (secondary N) is 1. The van der Waals surface area contributed by atoms with Crippen molar-refractivity contribution in [2.45, 2.75) is 78.2 Å². The van der Waals surface area contributed by atoms with E-state index in [9.17, 15) is 5.26 Å². The van der Waals surface area contributed by atoms with E-state index in [1.165, 1.54) is 38.8 Å². The summed E-state index contributed by atoms with van der Waals surface area (Å²) in [4.78, 5) is 2.60. The first-order valence-corrected chi connectivity index (χ1v) is 8.98. The first kappa shape index (κ1) is 18.5. The molecule has 0 amide bonds. The van der Waals surface area contributed by atoms with Crippen LogP contribution in [0.1, 0.15) is 72.6 Å². The standard InChI is InChI=1S/C18H35N3/c1-5-17(6-2)11-14-21(15-12-17)13-9-10-18(7-3,16-19)20-8-4/h20H,5-15H2,1-4H3. The summed E-state index contributed by atoms with van der Waals surface area (Å²) in [5.74, 6) is 0. The van der Waals surface area contributed by atoms with Gasteiger partial charge in [-0.15, -0.1) is 0 Å². The lowest BCUT2D eigenvalue weighted by molar-refractivity contribution is 0.0930. The van der Waals surface area contributed by atoms with Crippen molar-refractivity contribution in [1.82, 2.24) is 10.2 Å². The van der Waals surface area contributed by atoms with Gasteiger partial charge in [0.2, 0.25) is 0 Å². The Labute approximate surface area is 132 Å². The first-order chi connectivity index (χ1) is 10.1. The Kier molecular flexibility index (Phi) is 7.70. The maximum Gasteiger partial charge on any atom is 0.106 e. The van der Waals surface area contributed by atoms with E-state index in [0.29, 0.717) is 5.41 Å². The number of rotatable bonds is 9. The van der Waals surface area contributed by atoms with E-state index in [1.807, 2.05) is 0 Å². The van der Waals surface area contributed by atoms with Crippen molar-refractivity contribution in [1.29, 1.82) is 5.26 Å². The molecule has 1 aliphatic heterocycles. The van der Waals surface area contributed by atoms with Crippen LogP contribution in [0.15, 0.2) is 0 Å². The van der Waals surface area contributed by atoms with E-state index in [4.69, 9.17) is 0 Å². The summed E-state index contributed by atoms with van der Waals surface area (Å²) in [6.07, 6.45) is 8.34. The Bertz CT molecular complexity index is 320. The summed E-state index contributed by atoms with van der Waals surface area (Å²) >= 11 is 0. The number of hydrogen-bond donors (Lipinski definition) is 1. The molecule has 3 nitrogen and oxygen atoms in total. The normalized spacial score (nSPS) is 21.7. The molecule has 0 aromatic carbocycles. The van der Waals surface area contributed by atoms with Gasteiger partial charge in [0.05, 0.1) is 6.07 Å². The Hall–Kier alpha value is -0.590. The predicted octanol–water partition coefficient (Wildman–Crippen LogP) is 3.95. The van der Waals surface area contributed by atoms with Gasteiger partial charge in [-0.1, -0.05) is 40.5 Å². The van der Waals surface area contributed by atoms with Crippen LogP contribution in [0.2, 0.25) is 0 Å². The molecule has 0 saturated carbocycles. The minimum atomic E-state index is -0.304. The Morgan fingerprint density at radius 1 is 1.14 bits per heavy atom. The molecule has 1 fully saturated rings. The fourth-order valence-electron chi connectivity index (χ4n) is 3.72. The highest BCUT2D eigenvalue weighted by Crippen LogP contribution is 2.37. The molecule has 122 valence electrons. The van der Waals surface area contributed by atoms with Crippen molar-refractivity contribution < 1.29 is 0 Å². The lowest BCUT2D eigenvalue weighted by atomic mass is 9.74. The molecule has 1 saturated heterocycles. The molecule has 1 aliphatic rings. The quantitative estimate of drug-likeness (QED) is 0.699. The van der Waals surface area contributed by atoms with Crippen molar-refractivity contribution in [3.05, 3.63) is 0 Å². The van der Waals surface area contributed by atoms with Crippen LogP contribution in [-0.4, -0.2) is 36.6 Å². The maximum atomic E-state index is 9.45. The number of likely N-dealkylation sites (tertiary alicyclic amines) is 1. The van der Waals surface area contributed by atoms with Gasteiger partial charge in [0.1, 0.15) is 5.54 Å². The zero-order valence-corrected chi connectivity index (χ0v) is 14.7. The summed E-state index contributed by atoms with van der Waals surface area (Å²) in [7, 11) is 0. The molecule has 0 spiro atoms. The number of hydrogen-bond acceptors (Lipinski definition) is 3. The third-order valence-corrected chi connectivity index (χ3v) is 5.83. The van der Waals surface area contributed by atoms with Gasteiger partial charge in [0.25, 0.3) is 0 Å². The van der Waals surface area contributed by atoms with Gasteiger partial charge in [-0.25, -0.2) is 0 Å². The van der Waals surface area contributed by atoms with Crippen LogP contribution in [0.3, 0.4) is 0 Å². The molecule has 1 heterocycles. The summed E-state index contributed by atoms with van der Waals surface area (Å²) in [6.45, 7) is 13.4. The molecule has 0 radical (unpaired) electrons. The molecule has 0 aliphatic carbocycles. The van der Waals surface area contributed by atoms with E-state index in [1.54, 1.807) is 0 Å². The molecule has 0 bridgehead atoms. The average molecular weight is 293 g/mol. The number of nitrogens with zero attached hydrogens (tertiary/aromatic N) is 2. The average Bonchev–Trinajstić information content (AvgIpc) is 2.55. The van der Waals surface area contributed by atoms with Gasteiger partial charge in [-0.2, -0.15) is 5.26 Å². The summed E-state index contributed by atoms with van der Waals surface area (Å²) < 4.78 is 0. The summed E-state index contributed by atoms with van der Waals surface area (Å²) in [6, 6.07) is 2.51. The minimum absolute atomic E-state index is 0.304. The predicted molar refractivity (Wildman–Crippen MR) is 90.2 cm³/mol. The topological polar surface area (TPSA) is 39.1 Å². The molecule has 0 aromatic heterocycles. The second kappa shape index (κ2) is 8.76. The lowest BCUT2D eigenvalue weighted by Gasteiger charge is -2.41. The van der Waals surface area contributed by atoms with Crippen LogP contribution >= 0.6 is 0 Å². The smallest absolute Gasteiger partial charge is 0.106 e. The van der Waals surface area contributed by atoms with Gasteiger partial charge in [-0.3, -0.25) is 5.32 Å². The van der Waals surface area contributed by atoms with Crippen molar-refractivity contribution in [2.75, 3.05) is 26.2 Å². The second-order valence-electron chi connectivity index (χ2n) is 6.73. The molecule has 21 heavy (non-hydrogen) atoms.